The maximum atomic E-state index is 3.49. The van der Waals surface area contributed by atoms with Crippen molar-refractivity contribution >= 4 is 11.8 Å². The minimum Gasteiger partial charge on any atom is -0.316 e. The van der Waals surface area contributed by atoms with Crippen LogP contribution in [0.3, 0.4) is 0 Å². The predicted molar refractivity (Wildman–Crippen MR) is 75.4 cm³/mol. The number of thioether (sulfide) groups is 1. The SMILES string of the molecule is CCSCCCNCCc1ccc(C)cc1. The molecular formula is C14H23NS. The van der Waals surface area contributed by atoms with Crippen LogP contribution in [0.25, 0.3) is 0 Å². The molecule has 0 atom stereocenters. The number of hydrogen-bond donors (Lipinski definition) is 1. The van der Waals surface area contributed by atoms with E-state index in [1.165, 1.54) is 29.1 Å². The van der Waals surface area contributed by atoms with E-state index in [4.69, 9.17) is 0 Å². The lowest BCUT2D eigenvalue weighted by atomic mass is 10.1. The predicted octanol–water partition coefficient (Wildman–Crippen LogP) is 3.27. The first-order valence-corrected chi connectivity index (χ1v) is 7.32. The summed E-state index contributed by atoms with van der Waals surface area (Å²) >= 11 is 2.02. The Kier molecular flexibility index (Phi) is 7.35. The quantitative estimate of drug-likeness (QED) is 0.696. The van der Waals surface area contributed by atoms with Crippen LogP contribution in [0.15, 0.2) is 24.3 Å². The van der Waals surface area contributed by atoms with Crippen LogP contribution in [-0.4, -0.2) is 24.6 Å². The van der Waals surface area contributed by atoms with Crippen LogP contribution in [0.4, 0.5) is 0 Å². The van der Waals surface area contributed by atoms with Gasteiger partial charge in [-0.25, -0.2) is 0 Å². The van der Waals surface area contributed by atoms with E-state index in [2.05, 4.69) is 43.4 Å². The van der Waals surface area contributed by atoms with E-state index in [0.29, 0.717) is 0 Å². The Hall–Kier alpha value is -0.470. The fraction of sp³-hybridized carbons (Fsp3) is 0.571. The average molecular weight is 237 g/mol. The Labute approximate surface area is 104 Å². The number of hydrogen-bond acceptors (Lipinski definition) is 2. The van der Waals surface area contributed by atoms with Gasteiger partial charge in [0.2, 0.25) is 0 Å². The molecule has 0 aromatic heterocycles. The molecule has 0 spiro atoms. The maximum absolute atomic E-state index is 3.49. The van der Waals surface area contributed by atoms with Gasteiger partial charge in [-0.2, -0.15) is 11.8 Å². The highest BCUT2D eigenvalue weighted by Gasteiger charge is 1.93. The second-order valence-electron chi connectivity index (χ2n) is 4.04. The van der Waals surface area contributed by atoms with Gasteiger partial charge in [0.15, 0.2) is 0 Å². The van der Waals surface area contributed by atoms with Crippen molar-refractivity contribution in [2.45, 2.75) is 26.7 Å². The fourth-order valence-electron chi connectivity index (χ4n) is 1.56. The summed E-state index contributed by atoms with van der Waals surface area (Å²) in [5, 5.41) is 3.49. The monoisotopic (exact) mass is 237 g/mol. The number of benzene rings is 1. The highest BCUT2D eigenvalue weighted by molar-refractivity contribution is 7.99. The molecule has 1 nitrogen and oxygen atoms in total. The first-order chi connectivity index (χ1) is 7.83. The van der Waals surface area contributed by atoms with Gasteiger partial charge in [-0.1, -0.05) is 36.8 Å². The molecule has 0 unspecified atom stereocenters. The molecule has 1 rings (SSSR count). The van der Waals surface area contributed by atoms with Crippen molar-refractivity contribution < 1.29 is 0 Å². The molecule has 0 heterocycles. The maximum Gasteiger partial charge on any atom is -0.000835 e. The van der Waals surface area contributed by atoms with Gasteiger partial charge in [-0.05, 0) is 49.9 Å². The van der Waals surface area contributed by atoms with Gasteiger partial charge in [-0.15, -0.1) is 0 Å². The molecule has 0 saturated carbocycles. The van der Waals surface area contributed by atoms with E-state index >= 15 is 0 Å². The summed E-state index contributed by atoms with van der Waals surface area (Å²) in [4.78, 5) is 0. The lowest BCUT2D eigenvalue weighted by Gasteiger charge is -2.05. The molecule has 0 amide bonds. The smallest absolute Gasteiger partial charge is 0.000835 e. The van der Waals surface area contributed by atoms with Crippen LogP contribution in [-0.2, 0) is 6.42 Å². The minimum atomic E-state index is 1.10. The van der Waals surface area contributed by atoms with E-state index in [1.54, 1.807) is 0 Å². The third-order valence-corrected chi connectivity index (χ3v) is 3.54. The lowest BCUT2D eigenvalue weighted by Crippen LogP contribution is -2.19. The van der Waals surface area contributed by atoms with E-state index in [1.807, 2.05) is 11.8 Å². The van der Waals surface area contributed by atoms with Crippen LogP contribution >= 0.6 is 11.8 Å². The molecular weight excluding hydrogens is 214 g/mol. The van der Waals surface area contributed by atoms with Gasteiger partial charge in [0.25, 0.3) is 0 Å². The fourth-order valence-corrected chi connectivity index (χ4v) is 2.19. The molecule has 0 radical (unpaired) electrons. The van der Waals surface area contributed by atoms with Crippen molar-refractivity contribution in [3.05, 3.63) is 35.4 Å². The molecule has 2 heteroatoms. The summed E-state index contributed by atoms with van der Waals surface area (Å²) in [6, 6.07) is 8.83. The Bertz CT molecular complexity index is 269. The largest absolute Gasteiger partial charge is 0.316 e. The molecule has 1 N–H and O–H groups in total. The molecule has 0 fully saturated rings. The topological polar surface area (TPSA) is 12.0 Å². The van der Waals surface area contributed by atoms with Crippen LogP contribution in [0, 0.1) is 6.92 Å². The molecule has 0 aliphatic heterocycles. The Balaban J connectivity index is 2.01. The van der Waals surface area contributed by atoms with Crippen molar-refractivity contribution in [2.75, 3.05) is 24.6 Å². The number of rotatable bonds is 8. The first-order valence-electron chi connectivity index (χ1n) is 6.17. The number of nitrogens with one attached hydrogen (secondary N) is 1. The van der Waals surface area contributed by atoms with Crippen molar-refractivity contribution in [3.63, 3.8) is 0 Å². The van der Waals surface area contributed by atoms with Crippen molar-refractivity contribution in [1.82, 2.24) is 5.32 Å². The van der Waals surface area contributed by atoms with Crippen molar-refractivity contribution in [1.29, 1.82) is 0 Å². The highest BCUT2D eigenvalue weighted by Crippen LogP contribution is 2.03. The zero-order chi connectivity index (χ0) is 11.6. The zero-order valence-corrected chi connectivity index (χ0v) is 11.3. The van der Waals surface area contributed by atoms with Gasteiger partial charge in [0.1, 0.15) is 0 Å². The summed E-state index contributed by atoms with van der Waals surface area (Å²) in [6.45, 7) is 6.60. The van der Waals surface area contributed by atoms with Crippen LogP contribution in [0.5, 0.6) is 0 Å². The van der Waals surface area contributed by atoms with Gasteiger partial charge in [-0.3, -0.25) is 0 Å². The van der Waals surface area contributed by atoms with Gasteiger partial charge in [0, 0.05) is 0 Å². The third-order valence-electron chi connectivity index (χ3n) is 2.56. The van der Waals surface area contributed by atoms with Crippen molar-refractivity contribution in [2.24, 2.45) is 0 Å². The summed E-state index contributed by atoms with van der Waals surface area (Å²) in [5.74, 6) is 2.53. The van der Waals surface area contributed by atoms with Gasteiger partial charge >= 0.3 is 0 Å². The summed E-state index contributed by atoms with van der Waals surface area (Å²) in [6.07, 6.45) is 2.42. The minimum absolute atomic E-state index is 1.10. The molecule has 1 aromatic rings. The average Bonchev–Trinajstić information content (AvgIpc) is 2.30. The second kappa shape index (κ2) is 8.66. The van der Waals surface area contributed by atoms with Crippen LogP contribution < -0.4 is 5.32 Å². The molecule has 90 valence electrons. The highest BCUT2D eigenvalue weighted by atomic mass is 32.2. The molecule has 1 aromatic carbocycles. The van der Waals surface area contributed by atoms with Crippen LogP contribution in [0.1, 0.15) is 24.5 Å². The standard InChI is InChI=1S/C14H23NS/c1-3-16-12-4-10-15-11-9-14-7-5-13(2)6-8-14/h5-8,15H,3-4,9-12H2,1-2H3. The molecule has 0 aliphatic rings. The molecule has 16 heavy (non-hydrogen) atoms. The Morgan fingerprint density at radius 2 is 1.88 bits per heavy atom. The molecule has 0 saturated heterocycles. The Morgan fingerprint density at radius 3 is 2.56 bits per heavy atom. The molecule has 0 aliphatic carbocycles. The second-order valence-corrected chi connectivity index (χ2v) is 5.43. The zero-order valence-electron chi connectivity index (χ0n) is 10.5. The van der Waals surface area contributed by atoms with Crippen molar-refractivity contribution in [3.8, 4) is 0 Å². The van der Waals surface area contributed by atoms with Gasteiger partial charge in [0.05, 0.1) is 0 Å². The van der Waals surface area contributed by atoms with E-state index in [0.717, 1.165) is 19.5 Å². The number of aryl methyl sites for hydroxylation is 1. The Morgan fingerprint density at radius 1 is 1.12 bits per heavy atom. The summed E-state index contributed by atoms with van der Waals surface area (Å²) in [5.41, 5.74) is 2.77. The molecule has 0 bridgehead atoms. The lowest BCUT2D eigenvalue weighted by molar-refractivity contribution is 0.674. The first kappa shape index (κ1) is 13.6. The van der Waals surface area contributed by atoms with E-state index < -0.39 is 0 Å². The summed E-state index contributed by atoms with van der Waals surface area (Å²) < 4.78 is 0. The summed E-state index contributed by atoms with van der Waals surface area (Å²) in [7, 11) is 0. The third kappa shape index (κ3) is 6.19. The van der Waals surface area contributed by atoms with Gasteiger partial charge < -0.3 is 5.32 Å². The normalized spacial score (nSPS) is 10.6. The van der Waals surface area contributed by atoms with Crippen LogP contribution in [0.2, 0.25) is 0 Å². The van der Waals surface area contributed by atoms with E-state index in [-0.39, 0.29) is 0 Å². The van der Waals surface area contributed by atoms with E-state index in [9.17, 15) is 0 Å².